The molecule has 4 rings (SSSR count). The Morgan fingerprint density at radius 1 is 0.925 bits per heavy atom. The first kappa shape index (κ1) is 29.6. The van der Waals surface area contributed by atoms with Crippen molar-refractivity contribution in [3.05, 3.63) is 99.5 Å². The molecule has 0 radical (unpaired) electrons. The third-order valence-electron chi connectivity index (χ3n) is 6.30. The van der Waals surface area contributed by atoms with Gasteiger partial charge in [0.1, 0.15) is 17.5 Å². The molecule has 0 bridgehead atoms. The van der Waals surface area contributed by atoms with Gasteiger partial charge in [-0.2, -0.15) is 0 Å². The van der Waals surface area contributed by atoms with Crippen LogP contribution >= 0.6 is 23.2 Å². The largest absolute Gasteiger partial charge is 0.350 e. The van der Waals surface area contributed by atoms with Crippen molar-refractivity contribution in [1.82, 2.24) is 14.5 Å². The molecule has 3 aromatic carbocycles. The number of rotatable bonds is 8. The zero-order valence-corrected chi connectivity index (χ0v) is 24.6. The van der Waals surface area contributed by atoms with Gasteiger partial charge in [-0.15, -0.1) is 0 Å². The highest BCUT2D eigenvalue weighted by molar-refractivity contribution is 7.90. The number of nitrogens with zero attached hydrogens (tertiary/aromatic N) is 2. The summed E-state index contributed by atoms with van der Waals surface area (Å²) in [4.78, 5) is 41.8. The summed E-state index contributed by atoms with van der Waals surface area (Å²) >= 11 is 12.3. The van der Waals surface area contributed by atoms with Crippen LogP contribution in [0.5, 0.6) is 0 Å². The molecule has 0 fully saturated rings. The molecule has 1 heterocycles. The molecule has 3 amide bonds. The number of amides is 3. The Hall–Kier alpha value is -3.40. The molecular formula is C29H29Cl2N3O5S. The van der Waals surface area contributed by atoms with E-state index in [2.05, 4.69) is 5.32 Å². The van der Waals surface area contributed by atoms with Gasteiger partial charge >= 0.3 is 0 Å². The number of carbonyl (C=O) groups is 3. The van der Waals surface area contributed by atoms with Crippen LogP contribution in [-0.4, -0.2) is 53.5 Å². The molecule has 1 aliphatic rings. The Morgan fingerprint density at radius 2 is 1.57 bits per heavy atom. The van der Waals surface area contributed by atoms with E-state index < -0.39 is 45.9 Å². The Kier molecular flexibility index (Phi) is 8.58. The van der Waals surface area contributed by atoms with Gasteiger partial charge in [-0.25, -0.2) is 12.7 Å². The van der Waals surface area contributed by atoms with Crippen LogP contribution in [0.4, 0.5) is 0 Å². The molecule has 3 aromatic rings. The van der Waals surface area contributed by atoms with E-state index in [1.54, 1.807) is 24.3 Å². The quantitative estimate of drug-likeness (QED) is 0.403. The predicted molar refractivity (Wildman–Crippen MR) is 154 cm³/mol. The standard InChI is InChI=1S/C29H29Cl2N3O5S/c1-29(2,3)32-27(36)24(16-19-9-5-4-6-10-19)33(17-20-13-14-22(30)23(31)15-20)26(35)18-34-28(37)21-11-7-8-12-25(21)40(34,38)39/h4-15,24H,16-18H2,1-3H3,(H,32,36)/t24-/m1/s1. The smallest absolute Gasteiger partial charge is 0.269 e. The third kappa shape index (κ3) is 6.49. The minimum absolute atomic E-state index is 0.00218. The molecule has 1 atom stereocenters. The predicted octanol–water partition coefficient (Wildman–Crippen LogP) is 4.69. The Balaban J connectivity index is 1.75. The van der Waals surface area contributed by atoms with Crippen molar-refractivity contribution >= 4 is 50.9 Å². The summed E-state index contributed by atoms with van der Waals surface area (Å²) in [5, 5.41) is 3.52. The highest BCUT2D eigenvalue weighted by Gasteiger charge is 2.43. The fraction of sp³-hybridized carbons (Fsp3) is 0.276. The monoisotopic (exact) mass is 601 g/mol. The number of halogens is 2. The lowest BCUT2D eigenvalue weighted by Gasteiger charge is -2.34. The number of sulfonamides is 1. The molecule has 0 unspecified atom stereocenters. The molecule has 0 aromatic heterocycles. The zero-order chi connectivity index (χ0) is 29.2. The highest BCUT2D eigenvalue weighted by atomic mass is 35.5. The molecule has 0 saturated carbocycles. The number of hydrogen-bond acceptors (Lipinski definition) is 5. The summed E-state index contributed by atoms with van der Waals surface area (Å²) < 4.78 is 27.0. The van der Waals surface area contributed by atoms with Gasteiger partial charge in [0.2, 0.25) is 11.8 Å². The average molecular weight is 603 g/mol. The summed E-state index contributed by atoms with van der Waals surface area (Å²) in [5.41, 5.74) is 0.752. The normalized spacial score (nSPS) is 14.9. The second kappa shape index (κ2) is 11.6. The summed E-state index contributed by atoms with van der Waals surface area (Å²) in [7, 11) is -4.25. The lowest BCUT2D eigenvalue weighted by Crippen LogP contribution is -2.56. The van der Waals surface area contributed by atoms with Crippen LogP contribution in [0.3, 0.4) is 0 Å². The number of hydrogen-bond donors (Lipinski definition) is 1. The fourth-order valence-corrected chi connectivity index (χ4v) is 6.28. The first-order valence-electron chi connectivity index (χ1n) is 12.5. The molecule has 11 heteroatoms. The summed E-state index contributed by atoms with van der Waals surface area (Å²) in [6.07, 6.45) is 0.150. The topological polar surface area (TPSA) is 104 Å². The summed E-state index contributed by atoms with van der Waals surface area (Å²) in [6, 6.07) is 18.8. The van der Waals surface area contributed by atoms with Crippen LogP contribution in [0.15, 0.2) is 77.7 Å². The van der Waals surface area contributed by atoms with Gasteiger partial charge in [0.25, 0.3) is 15.9 Å². The van der Waals surface area contributed by atoms with Crippen LogP contribution in [0.1, 0.15) is 42.3 Å². The number of fused-ring (bicyclic) bond motifs is 1. The number of carbonyl (C=O) groups excluding carboxylic acids is 3. The van der Waals surface area contributed by atoms with Crippen molar-refractivity contribution in [2.24, 2.45) is 0 Å². The number of nitrogens with one attached hydrogen (secondary N) is 1. The van der Waals surface area contributed by atoms with Gasteiger partial charge in [0, 0.05) is 18.5 Å². The molecule has 40 heavy (non-hydrogen) atoms. The highest BCUT2D eigenvalue weighted by Crippen LogP contribution is 2.30. The molecular weight excluding hydrogens is 573 g/mol. The maximum Gasteiger partial charge on any atom is 0.269 e. The first-order valence-corrected chi connectivity index (χ1v) is 14.7. The zero-order valence-electron chi connectivity index (χ0n) is 22.2. The van der Waals surface area contributed by atoms with E-state index >= 15 is 0 Å². The fourth-order valence-electron chi connectivity index (χ4n) is 4.44. The van der Waals surface area contributed by atoms with Crippen molar-refractivity contribution in [3.8, 4) is 0 Å². The SMILES string of the molecule is CC(C)(C)NC(=O)[C@@H](Cc1ccccc1)N(Cc1ccc(Cl)c(Cl)c1)C(=O)CN1C(=O)c2ccccc2S1(=O)=O. The van der Waals surface area contributed by atoms with Crippen molar-refractivity contribution in [2.75, 3.05) is 6.54 Å². The molecule has 0 saturated heterocycles. The van der Waals surface area contributed by atoms with Crippen molar-refractivity contribution < 1.29 is 22.8 Å². The summed E-state index contributed by atoms with van der Waals surface area (Å²) in [6.45, 7) is 4.61. The molecule has 1 aliphatic heterocycles. The van der Waals surface area contributed by atoms with Crippen molar-refractivity contribution in [3.63, 3.8) is 0 Å². The molecule has 210 valence electrons. The summed E-state index contributed by atoms with van der Waals surface area (Å²) in [5.74, 6) is -1.94. The molecule has 1 N–H and O–H groups in total. The molecule has 8 nitrogen and oxygen atoms in total. The van der Waals surface area contributed by atoms with Gasteiger partial charge in [-0.05, 0) is 56.2 Å². The minimum Gasteiger partial charge on any atom is -0.350 e. The van der Waals surface area contributed by atoms with Gasteiger partial charge in [0.15, 0.2) is 0 Å². The minimum atomic E-state index is -4.25. The van der Waals surface area contributed by atoms with Crippen LogP contribution in [0.2, 0.25) is 10.0 Å². The van der Waals surface area contributed by atoms with E-state index in [9.17, 15) is 22.8 Å². The van der Waals surface area contributed by atoms with Gasteiger partial charge in [0.05, 0.1) is 15.6 Å². The average Bonchev–Trinajstić information content (AvgIpc) is 3.08. The Labute approximate surface area is 243 Å². The Bertz CT molecular complexity index is 1560. The molecule has 0 aliphatic carbocycles. The van der Waals surface area contributed by atoms with Gasteiger partial charge in [-0.1, -0.05) is 71.7 Å². The van der Waals surface area contributed by atoms with E-state index in [1.807, 2.05) is 51.1 Å². The van der Waals surface area contributed by atoms with E-state index in [-0.39, 0.29) is 28.4 Å². The van der Waals surface area contributed by atoms with E-state index in [0.717, 1.165) is 5.56 Å². The van der Waals surface area contributed by atoms with E-state index in [1.165, 1.54) is 23.1 Å². The van der Waals surface area contributed by atoms with Crippen LogP contribution in [0.25, 0.3) is 0 Å². The lowest BCUT2D eigenvalue weighted by atomic mass is 10.0. The maximum atomic E-state index is 14.0. The van der Waals surface area contributed by atoms with E-state index in [4.69, 9.17) is 23.2 Å². The Morgan fingerprint density at radius 3 is 2.20 bits per heavy atom. The van der Waals surface area contributed by atoms with Gasteiger partial charge in [-0.3, -0.25) is 14.4 Å². The second-order valence-electron chi connectivity index (χ2n) is 10.5. The third-order valence-corrected chi connectivity index (χ3v) is 8.82. The van der Waals surface area contributed by atoms with Crippen LogP contribution < -0.4 is 5.32 Å². The van der Waals surface area contributed by atoms with Gasteiger partial charge < -0.3 is 10.2 Å². The number of benzene rings is 3. The van der Waals surface area contributed by atoms with Crippen molar-refractivity contribution in [2.45, 2.75) is 50.2 Å². The lowest BCUT2D eigenvalue weighted by molar-refractivity contribution is -0.141. The van der Waals surface area contributed by atoms with Crippen LogP contribution in [-0.2, 0) is 32.6 Å². The van der Waals surface area contributed by atoms with Crippen LogP contribution in [0, 0.1) is 0 Å². The van der Waals surface area contributed by atoms with Crippen molar-refractivity contribution in [1.29, 1.82) is 0 Å². The maximum absolute atomic E-state index is 14.0. The second-order valence-corrected chi connectivity index (χ2v) is 13.2. The van der Waals surface area contributed by atoms with E-state index in [0.29, 0.717) is 14.9 Å². The molecule has 0 spiro atoms. The first-order chi connectivity index (χ1) is 18.8.